The lowest BCUT2D eigenvalue weighted by Crippen LogP contribution is -2.38. The van der Waals surface area contributed by atoms with Crippen LogP contribution in [0, 0.1) is 11.7 Å². The van der Waals surface area contributed by atoms with Gasteiger partial charge >= 0.3 is 0 Å². The van der Waals surface area contributed by atoms with Gasteiger partial charge in [-0.25, -0.2) is 9.37 Å². The van der Waals surface area contributed by atoms with Crippen molar-refractivity contribution in [2.24, 2.45) is 5.92 Å². The minimum Gasteiger partial charge on any atom is -0.370 e. The van der Waals surface area contributed by atoms with E-state index in [9.17, 15) is 9.18 Å². The van der Waals surface area contributed by atoms with Gasteiger partial charge in [-0.3, -0.25) is 4.79 Å². The van der Waals surface area contributed by atoms with Crippen molar-refractivity contribution in [3.63, 3.8) is 0 Å². The van der Waals surface area contributed by atoms with Crippen LogP contribution in [0.3, 0.4) is 0 Å². The zero-order chi connectivity index (χ0) is 13.4. The molecule has 0 aromatic carbocycles. The lowest BCUT2D eigenvalue weighted by Gasteiger charge is -2.27. The number of pyridine rings is 1. The fourth-order valence-corrected chi connectivity index (χ4v) is 3.24. The summed E-state index contributed by atoms with van der Waals surface area (Å²) in [6.45, 7) is 3.40. The number of carbonyl (C=O) groups is 1. The first-order valence-corrected chi connectivity index (χ1v) is 6.89. The maximum absolute atomic E-state index is 13.4. The Hall–Kier alpha value is -1.65. The molecule has 1 saturated carbocycles. The molecule has 5 heteroatoms. The Labute approximate surface area is 112 Å². The largest absolute Gasteiger partial charge is 0.370 e. The van der Waals surface area contributed by atoms with Crippen molar-refractivity contribution in [3.05, 3.63) is 23.6 Å². The van der Waals surface area contributed by atoms with Gasteiger partial charge in [-0.15, -0.1) is 0 Å². The average molecular weight is 263 g/mol. The number of hydrogen-bond donors (Lipinski definition) is 1. The SMILES string of the molecule is CCNc1ncc(F)cc1C(=O)N1CC2CCC1C2. The van der Waals surface area contributed by atoms with Crippen LogP contribution in [0.15, 0.2) is 12.3 Å². The van der Waals surface area contributed by atoms with Gasteiger partial charge in [0.15, 0.2) is 0 Å². The minimum atomic E-state index is -0.464. The standard InChI is InChI=1S/C14H18FN3O/c1-2-16-13-12(6-10(15)7-17-13)14(19)18-8-9-3-4-11(18)5-9/h6-7,9,11H,2-5,8H2,1H3,(H,16,17). The number of likely N-dealkylation sites (tertiary alicyclic amines) is 1. The van der Waals surface area contributed by atoms with E-state index in [1.807, 2.05) is 11.8 Å². The molecular formula is C14H18FN3O. The van der Waals surface area contributed by atoms with Gasteiger partial charge in [0.1, 0.15) is 11.6 Å². The highest BCUT2D eigenvalue weighted by molar-refractivity contribution is 5.99. The van der Waals surface area contributed by atoms with Crippen molar-refractivity contribution in [1.82, 2.24) is 9.88 Å². The Balaban J connectivity index is 1.88. The number of aromatic nitrogens is 1. The molecule has 2 bridgehead atoms. The maximum Gasteiger partial charge on any atom is 0.257 e. The van der Waals surface area contributed by atoms with E-state index >= 15 is 0 Å². The molecule has 1 aliphatic carbocycles. The van der Waals surface area contributed by atoms with Gasteiger partial charge in [-0.05, 0) is 38.2 Å². The van der Waals surface area contributed by atoms with Gasteiger partial charge in [0.05, 0.1) is 11.8 Å². The molecule has 3 rings (SSSR count). The van der Waals surface area contributed by atoms with Gasteiger partial charge in [-0.1, -0.05) is 0 Å². The van der Waals surface area contributed by atoms with Gasteiger partial charge < -0.3 is 10.2 Å². The molecule has 2 heterocycles. The Morgan fingerprint density at radius 1 is 1.58 bits per heavy atom. The van der Waals surface area contributed by atoms with Crippen LogP contribution in [-0.4, -0.2) is 34.9 Å². The molecule has 0 spiro atoms. The molecular weight excluding hydrogens is 245 g/mol. The number of anilines is 1. The van der Waals surface area contributed by atoms with Crippen molar-refractivity contribution in [1.29, 1.82) is 0 Å². The Bertz CT molecular complexity index is 505. The third-order valence-electron chi connectivity index (χ3n) is 4.10. The molecule has 1 amide bonds. The van der Waals surface area contributed by atoms with Gasteiger partial charge in [-0.2, -0.15) is 0 Å². The van der Waals surface area contributed by atoms with Crippen molar-refractivity contribution in [2.45, 2.75) is 32.2 Å². The van der Waals surface area contributed by atoms with Crippen molar-refractivity contribution < 1.29 is 9.18 Å². The summed E-state index contributed by atoms with van der Waals surface area (Å²) in [5.74, 6) is 0.569. The van der Waals surface area contributed by atoms with E-state index in [1.165, 1.54) is 12.5 Å². The molecule has 1 N–H and O–H groups in total. The number of nitrogens with one attached hydrogen (secondary N) is 1. The smallest absolute Gasteiger partial charge is 0.257 e. The van der Waals surface area contributed by atoms with Crippen molar-refractivity contribution in [2.75, 3.05) is 18.4 Å². The third-order valence-corrected chi connectivity index (χ3v) is 4.10. The quantitative estimate of drug-likeness (QED) is 0.910. The van der Waals surface area contributed by atoms with Crippen LogP contribution in [0.2, 0.25) is 0 Å². The second kappa shape index (κ2) is 4.79. The number of fused-ring (bicyclic) bond motifs is 2. The predicted octanol–water partition coefficient (Wildman–Crippen LogP) is 2.28. The zero-order valence-electron chi connectivity index (χ0n) is 11.0. The van der Waals surface area contributed by atoms with Crippen LogP contribution in [0.4, 0.5) is 10.2 Å². The highest BCUT2D eigenvalue weighted by Gasteiger charge is 2.41. The van der Waals surface area contributed by atoms with E-state index in [1.54, 1.807) is 0 Å². The topological polar surface area (TPSA) is 45.2 Å². The van der Waals surface area contributed by atoms with E-state index in [0.29, 0.717) is 29.9 Å². The third kappa shape index (κ3) is 2.17. The van der Waals surface area contributed by atoms with Gasteiger partial charge in [0.2, 0.25) is 0 Å². The van der Waals surface area contributed by atoms with Crippen LogP contribution in [0.5, 0.6) is 0 Å². The zero-order valence-corrected chi connectivity index (χ0v) is 11.0. The van der Waals surface area contributed by atoms with Gasteiger partial charge in [0.25, 0.3) is 5.91 Å². The molecule has 4 nitrogen and oxygen atoms in total. The second-order valence-electron chi connectivity index (χ2n) is 5.37. The molecule has 19 heavy (non-hydrogen) atoms. The number of carbonyl (C=O) groups excluding carboxylic acids is 1. The van der Waals surface area contributed by atoms with Crippen LogP contribution >= 0.6 is 0 Å². The number of amides is 1. The number of halogens is 1. The van der Waals surface area contributed by atoms with Crippen LogP contribution in [-0.2, 0) is 0 Å². The molecule has 2 aliphatic rings. The van der Waals surface area contributed by atoms with E-state index in [-0.39, 0.29) is 5.91 Å². The minimum absolute atomic E-state index is 0.0878. The Kier molecular flexibility index (Phi) is 3.12. The van der Waals surface area contributed by atoms with E-state index in [2.05, 4.69) is 10.3 Å². The van der Waals surface area contributed by atoms with Crippen LogP contribution in [0.1, 0.15) is 36.5 Å². The summed E-state index contributed by atoms with van der Waals surface area (Å²) in [5, 5.41) is 3.03. The molecule has 1 aromatic rings. The summed E-state index contributed by atoms with van der Waals surface area (Å²) in [5.41, 5.74) is 0.356. The number of piperidine rings is 1. The normalized spacial score (nSPS) is 24.8. The lowest BCUT2D eigenvalue weighted by atomic mass is 10.1. The number of rotatable bonds is 3. The van der Waals surface area contributed by atoms with E-state index < -0.39 is 5.82 Å². The molecule has 2 atom stereocenters. The first-order valence-electron chi connectivity index (χ1n) is 6.89. The molecule has 2 unspecified atom stereocenters. The molecule has 1 aliphatic heterocycles. The average Bonchev–Trinajstić information content (AvgIpc) is 3.02. The Morgan fingerprint density at radius 3 is 3.05 bits per heavy atom. The number of nitrogens with zero attached hydrogens (tertiary/aromatic N) is 2. The maximum atomic E-state index is 13.4. The highest BCUT2D eigenvalue weighted by Crippen LogP contribution is 2.38. The van der Waals surface area contributed by atoms with E-state index in [0.717, 1.165) is 25.6 Å². The summed E-state index contributed by atoms with van der Waals surface area (Å²) in [7, 11) is 0. The first kappa shape index (κ1) is 12.4. The Morgan fingerprint density at radius 2 is 2.42 bits per heavy atom. The molecule has 2 fully saturated rings. The summed E-state index contributed by atoms with van der Waals surface area (Å²) < 4.78 is 13.4. The second-order valence-corrected chi connectivity index (χ2v) is 5.37. The van der Waals surface area contributed by atoms with E-state index in [4.69, 9.17) is 0 Å². The molecule has 0 radical (unpaired) electrons. The number of hydrogen-bond acceptors (Lipinski definition) is 3. The predicted molar refractivity (Wildman–Crippen MR) is 70.5 cm³/mol. The monoisotopic (exact) mass is 263 g/mol. The van der Waals surface area contributed by atoms with Crippen molar-refractivity contribution in [3.8, 4) is 0 Å². The van der Waals surface area contributed by atoms with Gasteiger partial charge in [0, 0.05) is 19.1 Å². The fourth-order valence-electron chi connectivity index (χ4n) is 3.24. The highest BCUT2D eigenvalue weighted by atomic mass is 19.1. The summed E-state index contributed by atoms with van der Waals surface area (Å²) >= 11 is 0. The van der Waals surface area contributed by atoms with Crippen LogP contribution < -0.4 is 5.32 Å². The van der Waals surface area contributed by atoms with Crippen LogP contribution in [0.25, 0.3) is 0 Å². The first-order chi connectivity index (χ1) is 9.19. The fraction of sp³-hybridized carbons (Fsp3) is 0.571. The summed E-state index contributed by atoms with van der Waals surface area (Å²) in [6.07, 6.45) is 4.54. The summed E-state index contributed by atoms with van der Waals surface area (Å²) in [6, 6.07) is 1.63. The summed E-state index contributed by atoms with van der Waals surface area (Å²) in [4.78, 5) is 18.4. The van der Waals surface area contributed by atoms with Crippen molar-refractivity contribution >= 4 is 11.7 Å². The lowest BCUT2D eigenvalue weighted by molar-refractivity contribution is 0.0703. The molecule has 1 saturated heterocycles. The molecule has 1 aromatic heterocycles. The molecule has 102 valence electrons.